The second-order valence-corrected chi connectivity index (χ2v) is 8.79. The number of hydrogen-bond acceptors (Lipinski definition) is 6. The first-order valence-corrected chi connectivity index (χ1v) is 11.1. The van der Waals surface area contributed by atoms with Gasteiger partial charge in [0.1, 0.15) is 5.75 Å². The molecule has 0 aliphatic heterocycles. The van der Waals surface area contributed by atoms with Crippen molar-refractivity contribution in [2.75, 3.05) is 10.0 Å². The highest BCUT2D eigenvalue weighted by molar-refractivity contribution is 7.92. The Morgan fingerprint density at radius 1 is 0.848 bits per heavy atom. The van der Waals surface area contributed by atoms with Crippen molar-refractivity contribution in [2.45, 2.75) is 11.3 Å². The fraction of sp³-hybridized carbons (Fsp3) is 0.0476. The standard InChI is InChI=1S/C21H14ClF3N4O3S/c22-13-4-3-5-16(12-13)33(30,31)29-20-19(27-17-6-1-2-7-18(17)28-20)26-14-8-10-15(11-9-14)32-21(23,24)25/h1-12H,(H,26,27)(H,28,29). The van der Waals surface area contributed by atoms with Crippen LogP contribution in [0.4, 0.5) is 30.5 Å². The molecule has 0 atom stereocenters. The third-order valence-corrected chi connectivity index (χ3v) is 5.83. The Balaban J connectivity index is 1.69. The fourth-order valence-electron chi connectivity index (χ4n) is 2.86. The monoisotopic (exact) mass is 494 g/mol. The van der Waals surface area contributed by atoms with Crippen molar-refractivity contribution in [3.05, 3.63) is 77.8 Å². The van der Waals surface area contributed by atoms with E-state index in [9.17, 15) is 21.6 Å². The molecule has 0 spiro atoms. The van der Waals surface area contributed by atoms with Gasteiger partial charge in [-0.15, -0.1) is 13.2 Å². The normalized spacial score (nSPS) is 11.9. The lowest BCUT2D eigenvalue weighted by molar-refractivity contribution is -0.274. The van der Waals surface area contributed by atoms with Crippen LogP contribution in [-0.4, -0.2) is 24.7 Å². The summed E-state index contributed by atoms with van der Waals surface area (Å²) in [4.78, 5) is 8.68. The van der Waals surface area contributed by atoms with E-state index in [2.05, 4.69) is 24.7 Å². The number of benzene rings is 3. The minimum atomic E-state index is -4.81. The van der Waals surface area contributed by atoms with Gasteiger partial charge in [-0.2, -0.15) is 0 Å². The Morgan fingerprint density at radius 3 is 2.09 bits per heavy atom. The quantitative estimate of drug-likeness (QED) is 0.356. The van der Waals surface area contributed by atoms with E-state index in [1.807, 2.05) is 0 Å². The van der Waals surface area contributed by atoms with Gasteiger partial charge in [0.25, 0.3) is 10.0 Å². The molecule has 0 amide bonds. The van der Waals surface area contributed by atoms with Gasteiger partial charge in [-0.1, -0.05) is 29.8 Å². The van der Waals surface area contributed by atoms with Crippen LogP contribution < -0.4 is 14.8 Å². The molecule has 0 aliphatic rings. The first kappa shape index (κ1) is 22.6. The maximum absolute atomic E-state index is 12.9. The first-order chi connectivity index (χ1) is 15.6. The average molecular weight is 495 g/mol. The molecule has 0 aliphatic carbocycles. The van der Waals surface area contributed by atoms with Gasteiger partial charge in [0.15, 0.2) is 11.6 Å². The smallest absolute Gasteiger partial charge is 0.406 e. The number of fused-ring (bicyclic) bond motifs is 1. The van der Waals surface area contributed by atoms with E-state index in [1.54, 1.807) is 24.3 Å². The fourth-order valence-corrected chi connectivity index (χ4v) is 4.16. The molecule has 0 saturated carbocycles. The van der Waals surface area contributed by atoms with Crippen LogP contribution in [0.5, 0.6) is 5.75 Å². The number of anilines is 3. The van der Waals surface area contributed by atoms with Crippen molar-refractivity contribution in [3.63, 3.8) is 0 Å². The lowest BCUT2D eigenvalue weighted by atomic mass is 10.3. The lowest BCUT2D eigenvalue weighted by Gasteiger charge is -2.14. The third kappa shape index (κ3) is 5.62. The highest BCUT2D eigenvalue weighted by Crippen LogP contribution is 2.29. The Hall–Kier alpha value is -3.57. The molecule has 3 aromatic carbocycles. The van der Waals surface area contributed by atoms with Crippen LogP contribution in [0, 0.1) is 0 Å². The molecule has 0 fully saturated rings. The number of rotatable bonds is 6. The second-order valence-electron chi connectivity index (χ2n) is 6.67. The van der Waals surface area contributed by atoms with Crippen molar-refractivity contribution in [1.29, 1.82) is 0 Å². The van der Waals surface area contributed by atoms with E-state index in [0.717, 1.165) is 12.1 Å². The number of aromatic nitrogens is 2. The number of nitrogens with one attached hydrogen (secondary N) is 2. The number of halogens is 4. The topological polar surface area (TPSA) is 93.2 Å². The van der Waals surface area contributed by atoms with E-state index in [-0.39, 0.29) is 21.6 Å². The molecule has 7 nitrogen and oxygen atoms in total. The van der Waals surface area contributed by atoms with Crippen molar-refractivity contribution in [3.8, 4) is 5.75 Å². The van der Waals surface area contributed by atoms with Gasteiger partial charge in [0, 0.05) is 10.7 Å². The predicted octanol–water partition coefficient (Wildman–Crippen LogP) is 5.73. The molecule has 0 radical (unpaired) electrons. The Morgan fingerprint density at radius 2 is 1.48 bits per heavy atom. The van der Waals surface area contributed by atoms with Crippen LogP contribution in [-0.2, 0) is 10.0 Å². The minimum absolute atomic E-state index is 0.0452. The maximum Gasteiger partial charge on any atom is 0.573 e. The van der Waals surface area contributed by atoms with Crippen molar-refractivity contribution in [1.82, 2.24) is 9.97 Å². The van der Waals surface area contributed by atoms with Crippen LogP contribution in [0.1, 0.15) is 0 Å². The number of sulfonamides is 1. The molecule has 0 saturated heterocycles. The molecular weight excluding hydrogens is 481 g/mol. The third-order valence-electron chi connectivity index (χ3n) is 4.26. The van der Waals surface area contributed by atoms with Crippen LogP contribution >= 0.6 is 11.6 Å². The van der Waals surface area contributed by atoms with Gasteiger partial charge in [0.05, 0.1) is 15.9 Å². The average Bonchev–Trinajstić information content (AvgIpc) is 2.74. The van der Waals surface area contributed by atoms with Crippen LogP contribution in [0.25, 0.3) is 11.0 Å². The largest absolute Gasteiger partial charge is 0.573 e. The summed E-state index contributed by atoms with van der Waals surface area (Å²) < 4.78 is 69.2. The zero-order chi connectivity index (χ0) is 23.6. The summed E-state index contributed by atoms with van der Waals surface area (Å²) in [5.74, 6) is -0.465. The number of alkyl halides is 3. The molecule has 4 aromatic rings. The van der Waals surface area contributed by atoms with Crippen molar-refractivity contribution >= 4 is 50.0 Å². The van der Waals surface area contributed by atoms with Crippen molar-refractivity contribution in [2.24, 2.45) is 0 Å². The highest BCUT2D eigenvalue weighted by Gasteiger charge is 2.31. The molecule has 2 N–H and O–H groups in total. The summed E-state index contributed by atoms with van der Waals surface area (Å²) >= 11 is 5.91. The molecule has 0 bridgehead atoms. The van der Waals surface area contributed by atoms with Gasteiger partial charge < -0.3 is 10.1 Å². The minimum Gasteiger partial charge on any atom is -0.406 e. The van der Waals surface area contributed by atoms with E-state index >= 15 is 0 Å². The van der Waals surface area contributed by atoms with E-state index in [1.165, 1.54) is 36.4 Å². The molecule has 4 rings (SSSR count). The van der Waals surface area contributed by atoms with Crippen LogP contribution in [0.3, 0.4) is 0 Å². The number of para-hydroxylation sites is 2. The molecular formula is C21H14ClF3N4O3S. The number of hydrogen-bond donors (Lipinski definition) is 2. The zero-order valence-electron chi connectivity index (χ0n) is 16.5. The van der Waals surface area contributed by atoms with E-state index in [0.29, 0.717) is 16.7 Å². The molecule has 1 heterocycles. The lowest BCUT2D eigenvalue weighted by Crippen LogP contribution is -2.17. The summed E-state index contributed by atoms with van der Waals surface area (Å²) in [6.07, 6.45) is -4.81. The summed E-state index contributed by atoms with van der Waals surface area (Å²) in [5.41, 5.74) is 1.24. The van der Waals surface area contributed by atoms with Gasteiger partial charge >= 0.3 is 6.36 Å². The molecule has 170 valence electrons. The predicted molar refractivity (Wildman–Crippen MR) is 118 cm³/mol. The van der Waals surface area contributed by atoms with Crippen molar-refractivity contribution < 1.29 is 26.3 Å². The van der Waals surface area contributed by atoms with Crippen LogP contribution in [0.2, 0.25) is 5.02 Å². The maximum atomic E-state index is 12.9. The summed E-state index contributed by atoms with van der Waals surface area (Å²) in [6, 6.07) is 17.4. The molecule has 12 heteroatoms. The number of ether oxygens (including phenoxy) is 1. The van der Waals surface area contributed by atoms with E-state index < -0.39 is 22.1 Å². The summed E-state index contributed by atoms with van der Waals surface area (Å²) in [6.45, 7) is 0. The van der Waals surface area contributed by atoms with Gasteiger partial charge in [-0.05, 0) is 54.6 Å². The second kappa shape index (κ2) is 8.75. The summed E-state index contributed by atoms with van der Waals surface area (Å²) in [5, 5.41) is 3.11. The zero-order valence-corrected chi connectivity index (χ0v) is 18.0. The summed E-state index contributed by atoms with van der Waals surface area (Å²) in [7, 11) is -4.07. The molecule has 1 aromatic heterocycles. The van der Waals surface area contributed by atoms with Gasteiger partial charge in [0.2, 0.25) is 0 Å². The SMILES string of the molecule is O=S(=O)(Nc1nc2ccccc2nc1Nc1ccc(OC(F)(F)F)cc1)c1cccc(Cl)c1. The van der Waals surface area contributed by atoms with Gasteiger partial charge in [-0.3, -0.25) is 4.72 Å². The number of nitrogens with zero attached hydrogens (tertiary/aromatic N) is 2. The van der Waals surface area contributed by atoms with Gasteiger partial charge in [-0.25, -0.2) is 18.4 Å². The Bertz CT molecular complexity index is 1410. The first-order valence-electron chi connectivity index (χ1n) is 9.27. The highest BCUT2D eigenvalue weighted by atomic mass is 35.5. The van der Waals surface area contributed by atoms with Crippen LogP contribution in [0.15, 0.2) is 77.7 Å². The molecule has 0 unspecified atom stereocenters. The Kier molecular flexibility index (Phi) is 6.00. The molecule has 33 heavy (non-hydrogen) atoms. The van der Waals surface area contributed by atoms with E-state index in [4.69, 9.17) is 11.6 Å². The Labute approximate surface area is 191 Å².